The Labute approximate surface area is 72.6 Å². The highest BCUT2D eigenvalue weighted by molar-refractivity contribution is 5.73. The first-order chi connectivity index (χ1) is 5.84. The van der Waals surface area contributed by atoms with Gasteiger partial charge in [-0.3, -0.25) is 5.01 Å². The molecule has 0 spiro atoms. The van der Waals surface area contributed by atoms with Gasteiger partial charge in [-0.05, 0) is 12.8 Å². The van der Waals surface area contributed by atoms with Crippen LogP contribution in [-0.2, 0) is 0 Å². The van der Waals surface area contributed by atoms with Crippen molar-refractivity contribution in [1.29, 1.82) is 0 Å². The zero-order chi connectivity index (χ0) is 8.81. The number of urea groups is 1. The van der Waals surface area contributed by atoms with Crippen molar-refractivity contribution in [2.75, 3.05) is 19.6 Å². The van der Waals surface area contributed by atoms with Crippen LogP contribution in [0.5, 0.6) is 0 Å². The first-order valence-electron chi connectivity index (χ1n) is 4.24. The van der Waals surface area contributed by atoms with Crippen LogP contribution in [0.1, 0.15) is 12.8 Å². The number of carbonyl (C=O) groups is 1. The SMILES string of the molecule is C=CCNC(=O)N1CCCCN1. The van der Waals surface area contributed by atoms with E-state index in [2.05, 4.69) is 17.3 Å². The standard InChI is InChI=1S/C8H15N3O/c1-2-5-9-8(12)11-7-4-3-6-10-11/h2,10H,1,3-7H2,(H,9,12). The van der Waals surface area contributed by atoms with Gasteiger partial charge in [-0.15, -0.1) is 6.58 Å². The Balaban J connectivity index is 2.24. The smallest absolute Gasteiger partial charge is 0.331 e. The molecule has 12 heavy (non-hydrogen) atoms. The third kappa shape index (κ3) is 2.54. The Morgan fingerprint density at radius 2 is 2.50 bits per heavy atom. The van der Waals surface area contributed by atoms with E-state index >= 15 is 0 Å². The summed E-state index contributed by atoms with van der Waals surface area (Å²) in [6.45, 7) is 5.73. The molecule has 0 radical (unpaired) electrons. The van der Waals surface area contributed by atoms with Crippen LogP contribution in [0, 0.1) is 0 Å². The summed E-state index contributed by atoms with van der Waals surface area (Å²) in [6.07, 6.45) is 3.89. The maximum absolute atomic E-state index is 11.3. The Morgan fingerprint density at radius 1 is 1.67 bits per heavy atom. The minimum Gasteiger partial charge on any atom is -0.333 e. The van der Waals surface area contributed by atoms with E-state index in [4.69, 9.17) is 0 Å². The van der Waals surface area contributed by atoms with Crippen molar-refractivity contribution < 1.29 is 4.79 Å². The van der Waals surface area contributed by atoms with Crippen LogP contribution in [0.4, 0.5) is 4.79 Å². The molecule has 0 bridgehead atoms. The van der Waals surface area contributed by atoms with Crippen molar-refractivity contribution in [3.05, 3.63) is 12.7 Å². The zero-order valence-electron chi connectivity index (χ0n) is 7.18. The van der Waals surface area contributed by atoms with Crippen LogP contribution < -0.4 is 10.7 Å². The van der Waals surface area contributed by atoms with Crippen molar-refractivity contribution in [1.82, 2.24) is 15.8 Å². The lowest BCUT2D eigenvalue weighted by molar-refractivity contribution is 0.155. The summed E-state index contributed by atoms with van der Waals surface area (Å²) in [5.41, 5.74) is 3.01. The monoisotopic (exact) mass is 169 g/mol. The third-order valence-corrected chi connectivity index (χ3v) is 1.75. The van der Waals surface area contributed by atoms with E-state index in [1.54, 1.807) is 11.1 Å². The number of hydrogen-bond acceptors (Lipinski definition) is 2. The van der Waals surface area contributed by atoms with Crippen molar-refractivity contribution in [2.24, 2.45) is 0 Å². The Morgan fingerprint density at radius 3 is 3.08 bits per heavy atom. The zero-order valence-corrected chi connectivity index (χ0v) is 7.18. The average Bonchev–Trinajstić information content (AvgIpc) is 2.15. The molecule has 68 valence electrons. The van der Waals surface area contributed by atoms with Gasteiger partial charge in [0, 0.05) is 19.6 Å². The molecular weight excluding hydrogens is 154 g/mol. The van der Waals surface area contributed by atoms with Crippen molar-refractivity contribution >= 4 is 6.03 Å². The van der Waals surface area contributed by atoms with Crippen LogP contribution in [0.15, 0.2) is 12.7 Å². The minimum absolute atomic E-state index is 0.0606. The number of hydrazine groups is 1. The molecular formula is C8H15N3O. The van der Waals surface area contributed by atoms with Gasteiger partial charge in [0.25, 0.3) is 0 Å². The number of carbonyl (C=O) groups excluding carboxylic acids is 1. The van der Waals surface area contributed by atoms with Gasteiger partial charge in [0.05, 0.1) is 0 Å². The van der Waals surface area contributed by atoms with Crippen LogP contribution in [0.2, 0.25) is 0 Å². The lowest BCUT2D eigenvalue weighted by Crippen LogP contribution is -2.51. The summed E-state index contributed by atoms with van der Waals surface area (Å²) < 4.78 is 0. The van der Waals surface area contributed by atoms with Gasteiger partial charge in [0.1, 0.15) is 0 Å². The second-order valence-corrected chi connectivity index (χ2v) is 2.74. The molecule has 0 aliphatic carbocycles. The average molecular weight is 169 g/mol. The van der Waals surface area contributed by atoms with Crippen molar-refractivity contribution in [3.8, 4) is 0 Å². The van der Waals surface area contributed by atoms with Crippen molar-refractivity contribution in [3.63, 3.8) is 0 Å². The van der Waals surface area contributed by atoms with Gasteiger partial charge in [-0.1, -0.05) is 6.08 Å². The predicted octanol–water partition coefficient (Wildman–Crippen LogP) is 0.482. The van der Waals surface area contributed by atoms with E-state index < -0.39 is 0 Å². The second kappa shape index (κ2) is 4.77. The van der Waals surface area contributed by atoms with Crippen LogP contribution >= 0.6 is 0 Å². The molecule has 0 aromatic rings. The fourth-order valence-corrected chi connectivity index (χ4v) is 1.12. The van der Waals surface area contributed by atoms with E-state index in [0.29, 0.717) is 6.54 Å². The lowest BCUT2D eigenvalue weighted by atomic mass is 10.3. The normalized spacial score (nSPS) is 17.2. The molecule has 2 amide bonds. The fourth-order valence-electron chi connectivity index (χ4n) is 1.12. The molecule has 1 aliphatic rings. The summed E-state index contributed by atoms with van der Waals surface area (Å²) >= 11 is 0. The molecule has 0 saturated carbocycles. The van der Waals surface area contributed by atoms with E-state index in [-0.39, 0.29) is 6.03 Å². The molecule has 2 N–H and O–H groups in total. The van der Waals surface area contributed by atoms with E-state index in [1.165, 1.54) is 0 Å². The maximum Gasteiger partial charge on any atom is 0.331 e. The molecule has 4 nitrogen and oxygen atoms in total. The van der Waals surface area contributed by atoms with Crippen LogP contribution in [0.3, 0.4) is 0 Å². The van der Waals surface area contributed by atoms with Gasteiger partial charge in [0.15, 0.2) is 0 Å². The first-order valence-corrected chi connectivity index (χ1v) is 4.24. The number of amides is 2. The summed E-state index contributed by atoms with van der Waals surface area (Å²) in [6, 6.07) is -0.0606. The quantitative estimate of drug-likeness (QED) is 0.591. The topological polar surface area (TPSA) is 44.4 Å². The number of nitrogens with zero attached hydrogens (tertiary/aromatic N) is 1. The van der Waals surface area contributed by atoms with E-state index in [1.807, 2.05) is 0 Å². The Kier molecular flexibility index (Phi) is 3.60. The number of rotatable bonds is 2. The number of hydrogen-bond donors (Lipinski definition) is 2. The van der Waals surface area contributed by atoms with Gasteiger partial charge >= 0.3 is 6.03 Å². The number of nitrogens with one attached hydrogen (secondary N) is 2. The molecule has 0 atom stereocenters. The molecule has 0 aromatic heterocycles. The minimum atomic E-state index is -0.0606. The summed E-state index contributed by atoms with van der Waals surface area (Å²) in [5.74, 6) is 0. The highest BCUT2D eigenvalue weighted by Crippen LogP contribution is 1.98. The highest BCUT2D eigenvalue weighted by atomic mass is 16.2. The van der Waals surface area contributed by atoms with E-state index in [9.17, 15) is 4.79 Å². The largest absolute Gasteiger partial charge is 0.333 e. The maximum atomic E-state index is 11.3. The molecule has 0 aromatic carbocycles. The first kappa shape index (κ1) is 9.06. The summed E-state index contributed by atoms with van der Waals surface area (Å²) in [7, 11) is 0. The predicted molar refractivity (Wildman–Crippen MR) is 47.5 cm³/mol. The molecule has 1 fully saturated rings. The van der Waals surface area contributed by atoms with Crippen LogP contribution in [-0.4, -0.2) is 30.7 Å². The molecule has 1 saturated heterocycles. The van der Waals surface area contributed by atoms with Gasteiger partial charge < -0.3 is 5.32 Å². The van der Waals surface area contributed by atoms with Gasteiger partial charge in [0.2, 0.25) is 0 Å². The molecule has 4 heteroatoms. The molecule has 1 heterocycles. The molecule has 1 rings (SSSR count). The van der Waals surface area contributed by atoms with Crippen molar-refractivity contribution in [2.45, 2.75) is 12.8 Å². The van der Waals surface area contributed by atoms with Gasteiger partial charge in [-0.2, -0.15) is 0 Å². The summed E-state index contributed by atoms with van der Waals surface area (Å²) in [5, 5.41) is 4.33. The molecule has 1 aliphatic heterocycles. The Bertz CT molecular complexity index is 164. The van der Waals surface area contributed by atoms with Crippen LogP contribution in [0.25, 0.3) is 0 Å². The Hall–Kier alpha value is -1.03. The third-order valence-electron chi connectivity index (χ3n) is 1.75. The second-order valence-electron chi connectivity index (χ2n) is 2.74. The van der Waals surface area contributed by atoms with Gasteiger partial charge in [-0.25, -0.2) is 10.2 Å². The van der Waals surface area contributed by atoms with E-state index in [0.717, 1.165) is 25.9 Å². The fraction of sp³-hybridized carbons (Fsp3) is 0.625. The lowest BCUT2D eigenvalue weighted by Gasteiger charge is -2.27. The summed E-state index contributed by atoms with van der Waals surface area (Å²) in [4.78, 5) is 11.3. The highest BCUT2D eigenvalue weighted by Gasteiger charge is 2.14. The molecule has 0 unspecified atom stereocenters.